The molecule has 2 saturated heterocycles. The van der Waals surface area contributed by atoms with Crippen molar-refractivity contribution in [3.8, 4) is 0 Å². The van der Waals surface area contributed by atoms with Crippen LogP contribution in [0.15, 0.2) is 22.9 Å². The standard InChI is InChI=1S/C10H10N2O4/c13-7-5(11-1-2-11)8(14)10(16)6(9(7)15)12-3-4-12/h13,16H,1-4H2. The van der Waals surface area contributed by atoms with Gasteiger partial charge in [-0.15, -0.1) is 0 Å². The highest BCUT2D eigenvalue weighted by Gasteiger charge is 2.44. The van der Waals surface area contributed by atoms with Gasteiger partial charge < -0.3 is 20.0 Å². The Kier molecular flexibility index (Phi) is 1.61. The van der Waals surface area contributed by atoms with E-state index >= 15 is 0 Å². The number of aliphatic hydroxyl groups is 2. The summed E-state index contributed by atoms with van der Waals surface area (Å²) in [6, 6.07) is 0. The van der Waals surface area contributed by atoms with Crippen molar-refractivity contribution < 1.29 is 19.8 Å². The van der Waals surface area contributed by atoms with Crippen molar-refractivity contribution in [2.24, 2.45) is 0 Å². The Morgan fingerprint density at radius 2 is 1.06 bits per heavy atom. The molecule has 2 fully saturated rings. The summed E-state index contributed by atoms with van der Waals surface area (Å²) in [7, 11) is 0. The van der Waals surface area contributed by atoms with Gasteiger partial charge in [0, 0.05) is 26.2 Å². The van der Waals surface area contributed by atoms with E-state index in [9.17, 15) is 19.8 Å². The Hall–Kier alpha value is -1.98. The number of hydrogen-bond acceptors (Lipinski definition) is 6. The van der Waals surface area contributed by atoms with Gasteiger partial charge >= 0.3 is 0 Å². The van der Waals surface area contributed by atoms with Gasteiger partial charge in [-0.1, -0.05) is 0 Å². The Balaban J connectivity index is 2.06. The zero-order valence-corrected chi connectivity index (χ0v) is 8.43. The van der Waals surface area contributed by atoms with Gasteiger partial charge in [-0.3, -0.25) is 9.59 Å². The normalized spacial score (nSPS) is 24.5. The molecule has 3 rings (SSSR count). The zero-order valence-electron chi connectivity index (χ0n) is 8.43. The molecule has 0 spiro atoms. The largest absolute Gasteiger partial charge is 0.503 e. The number of aliphatic hydroxyl groups excluding tert-OH is 2. The summed E-state index contributed by atoms with van der Waals surface area (Å²) in [5.41, 5.74) is -0.124. The molecule has 2 heterocycles. The van der Waals surface area contributed by atoms with Gasteiger partial charge in [-0.2, -0.15) is 0 Å². The molecule has 0 saturated carbocycles. The van der Waals surface area contributed by atoms with Gasteiger partial charge in [0.15, 0.2) is 11.5 Å². The molecular weight excluding hydrogens is 212 g/mol. The first-order valence-corrected chi connectivity index (χ1v) is 5.07. The summed E-state index contributed by atoms with van der Waals surface area (Å²) in [5, 5.41) is 19.4. The highest BCUT2D eigenvalue weighted by molar-refractivity contribution is 6.22. The molecule has 6 heteroatoms. The number of hydrogen-bond donors (Lipinski definition) is 2. The predicted molar refractivity (Wildman–Crippen MR) is 52.5 cm³/mol. The maximum atomic E-state index is 11.8. The van der Waals surface area contributed by atoms with Crippen LogP contribution in [0.1, 0.15) is 0 Å². The van der Waals surface area contributed by atoms with Crippen LogP contribution in [0.5, 0.6) is 0 Å². The highest BCUT2D eigenvalue weighted by atomic mass is 16.3. The molecule has 0 atom stereocenters. The number of ketones is 2. The van der Waals surface area contributed by atoms with Crippen LogP contribution < -0.4 is 0 Å². The highest BCUT2D eigenvalue weighted by Crippen LogP contribution is 2.31. The molecule has 84 valence electrons. The van der Waals surface area contributed by atoms with E-state index in [-0.39, 0.29) is 11.4 Å². The third kappa shape index (κ3) is 1.13. The number of carbonyl (C=O) groups is 2. The minimum atomic E-state index is -0.656. The SMILES string of the molecule is O=C1C(O)=C(N2CC2)C(=O)C(O)=C1N1CC1. The van der Waals surface area contributed by atoms with E-state index < -0.39 is 23.1 Å². The van der Waals surface area contributed by atoms with Crippen molar-refractivity contribution in [3.63, 3.8) is 0 Å². The molecule has 0 aromatic carbocycles. The molecule has 6 nitrogen and oxygen atoms in total. The fraction of sp³-hybridized carbons (Fsp3) is 0.400. The Morgan fingerprint density at radius 3 is 1.31 bits per heavy atom. The lowest BCUT2D eigenvalue weighted by atomic mass is 10.0. The van der Waals surface area contributed by atoms with Crippen molar-refractivity contribution in [2.75, 3.05) is 26.2 Å². The van der Waals surface area contributed by atoms with E-state index in [2.05, 4.69) is 0 Å². The third-order valence-electron chi connectivity index (χ3n) is 2.84. The maximum absolute atomic E-state index is 11.8. The average molecular weight is 222 g/mol. The van der Waals surface area contributed by atoms with E-state index in [1.54, 1.807) is 9.80 Å². The molecule has 16 heavy (non-hydrogen) atoms. The maximum Gasteiger partial charge on any atom is 0.249 e. The summed E-state index contributed by atoms with van der Waals surface area (Å²) in [6.45, 7) is 2.52. The summed E-state index contributed by atoms with van der Waals surface area (Å²) in [4.78, 5) is 26.6. The second kappa shape index (κ2) is 2.78. The van der Waals surface area contributed by atoms with Crippen LogP contribution in [-0.4, -0.2) is 57.8 Å². The van der Waals surface area contributed by atoms with Gasteiger partial charge in [-0.25, -0.2) is 0 Å². The Bertz CT molecular complexity index is 425. The molecular formula is C10H10N2O4. The molecule has 0 unspecified atom stereocenters. The average Bonchev–Trinajstić information content (AvgIpc) is 3.07. The van der Waals surface area contributed by atoms with Crippen LogP contribution >= 0.6 is 0 Å². The zero-order chi connectivity index (χ0) is 11.4. The van der Waals surface area contributed by atoms with E-state index in [0.29, 0.717) is 26.2 Å². The first-order chi connectivity index (χ1) is 7.61. The summed E-state index contributed by atoms with van der Waals surface area (Å²) in [5.74, 6) is -2.39. The third-order valence-corrected chi connectivity index (χ3v) is 2.84. The number of nitrogens with zero attached hydrogens (tertiary/aromatic N) is 2. The molecule has 0 aromatic rings. The van der Waals surface area contributed by atoms with Crippen molar-refractivity contribution >= 4 is 11.6 Å². The lowest BCUT2D eigenvalue weighted by Gasteiger charge is -2.18. The smallest absolute Gasteiger partial charge is 0.249 e. The van der Waals surface area contributed by atoms with Crippen LogP contribution in [0.4, 0.5) is 0 Å². The fourth-order valence-electron chi connectivity index (χ4n) is 1.79. The number of rotatable bonds is 2. The van der Waals surface area contributed by atoms with Gasteiger partial charge in [0.25, 0.3) is 0 Å². The summed E-state index contributed by atoms with van der Waals surface area (Å²) >= 11 is 0. The van der Waals surface area contributed by atoms with Crippen LogP contribution in [0.3, 0.4) is 0 Å². The van der Waals surface area contributed by atoms with Crippen LogP contribution in [0, 0.1) is 0 Å². The summed E-state index contributed by atoms with van der Waals surface area (Å²) < 4.78 is 0. The van der Waals surface area contributed by atoms with Crippen molar-refractivity contribution in [2.45, 2.75) is 0 Å². The van der Waals surface area contributed by atoms with Gasteiger partial charge in [0.05, 0.1) is 0 Å². The van der Waals surface area contributed by atoms with Gasteiger partial charge in [0.2, 0.25) is 11.6 Å². The number of Topliss-reactive ketones (excluding diaryl/α,β-unsaturated/α-hetero) is 2. The van der Waals surface area contributed by atoms with Crippen molar-refractivity contribution in [3.05, 3.63) is 22.9 Å². The first kappa shape index (κ1) is 9.26. The molecule has 0 bridgehead atoms. The van der Waals surface area contributed by atoms with E-state index in [1.165, 1.54) is 0 Å². The van der Waals surface area contributed by atoms with Crippen LogP contribution in [0.25, 0.3) is 0 Å². The summed E-state index contributed by atoms with van der Waals surface area (Å²) in [6.07, 6.45) is 0. The lowest BCUT2D eigenvalue weighted by Crippen LogP contribution is -2.30. The molecule has 0 aromatic heterocycles. The first-order valence-electron chi connectivity index (χ1n) is 5.07. The predicted octanol–water partition coefficient (Wildman–Crippen LogP) is -0.691. The van der Waals surface area contributed by atoms with Gasteiger partial charge in [-0.05, 0) is 0 Å². The molecule has 3 aliphatic rings. The van der Waals surface area contributed by atoms with Gasteiger partial charge in [0.1, 0.15) is 11.4 Å². The minimum Gasteiger partial charge on any atom is -0.503 e. The number of carbonyl (C=O) groups excluding carboxylic acids is 2. The van der Waals surface area contributed by atoms with E-state index in [4.69, 9.17) is 0 Å². The van der Waals surface area contributed by atoms with E-state index in [1.807, 2.05) is 0 Å². The second-order valence-electron chi connectivity index (χ2n) is 4.03. The van der Waals surface area contributed by atoms with Crippen molar-refractivity contribution in [1.82, 2.24) is 9.80 Å². The molecule has 0 amide bonds. The Morgan fingerprint density at radius 1 is 0.750 bits per heavy atom. The minimum absolute atomic E-state index is 0.0619. The quantitative estimate of drug-likeness (QED) is 0.475. The monoisotopic (exact) mass is 222 g/mol. The lowest BCUT2D eigenvalue weighted by molar-refractivity contribution is -0.121. The fourth-order valence-corrected chi connectivity index (χ4v) is 1.79. The molecule has 0 radical (unpaired) electrons. The second-order valence-corrected chi connectivity index (χ2v) is 4.03. The molecule has 2 N–H and O–H groups in total. The Labute approximate surface area is 91.1 Å². The van der Waals surface area contributed by atoms with E-state index in [0.717, 1.165) is 0 Å². The molecule has 2 aliphatic heterocycles. The van der Waals surface area contributed by atoms with Crippen LogP contribution in [-0.2, 0) is 9.59 Å². The topological polar surface area (TPSA) is 80.6 Å². The van der Waals surface area contributed by atoms with Crippen LogP contribution in [0.2, 0.25) is 0 Å². The molecule has 1 aliphatic carbocycles. The van der Waals surface area contributed by atoms with Crippen molar-refractivity contribution in [1.29, 1.82) is 0 Å².